The maximum Gasteiger partial charge on any atom is 0.0931 e. The number of likely N-dealkylation sites (N-methyl/N-ethyl adjacent to an activating group) is 1. The number of halogens is 1. The summed E-state index contributed by atoms with van der Waals surface area (Å²) in [7, 11) is 0. The molecule has 0 amide bonds. The van der Waals surface area contributed by atoms with Gasteiger partial charge in [-0.3, -0.25) is 0 Å². The summed E-state index contributed by atoms with van der Waals surface area (Å²) >= 11 is 7.80. The Hall–Kier alpha value is -0.0500. The van der Waals surface area contributed by atoms with E-state index in [4.69, 9.17) is 11.6 Å². The van der Waals surface area contributed by atoms with Crippen molar-refractivity contribution < 1.29 is 0 Å². The molecule has 0 spiro atoms. The Morgan fingerprint density at radius 2 is 2.00 bits per heavy atom. The van der Waals surface area contributed by atoms with E-state index in [-0.39, 0.29) is 0 Å². The quantitative estimate of drug-likeness (QED) is 0.698. The Morgan fingerprint density at radius 1 is 1.25 bits per heavy atom. The van der Waals surface area contributed by atoms with Crippen molar-refractivity contribution in [1.82, 2.24) is 5.32 Å². The van der Waals surface area contributed by atoms with Crippen LogP contribution in [0.15, 0.2) is 12.1 Å². The third kappa shape index (κ3) is 4.75. The maximum absolute atomic E-state index is 6.06. The van der Waals surface area contributed by atoms with Gasteiger partial charge in [0.2, 0.25) is 0 Å². The first-order valence-electron chi connectivity index (χ1n) is 8.20. The zero-order valence-corrected chi connectivity index (χ0v) is 14.4. The molecule has 1 aliphatic rings. The molecule has 114 valence electrons. The number of hydrogen-bond donors (Lipinski definition) is 1. The highest BCUT2D eigenvalue weighted by atomic mass is 35.5. The predicted octanol–water partition coefficient (Wildman–Crippen LogP) is 5.53. The molecule has 1 fully saturated rings. The van der Waals surface area contributed by atoms with Gasteiger partial charge in [0.1, 0.15) is 0 Å². The van der Waals surface area contributed by atoms with E-state index in [2.05, 4.69) is 25.2 Å². The van der Waals surface area contributed by atoms with Crippen molar-refractivity contribution in [3.05, 3.63) is 21.3 Å². The largest absolute Gasteiger partial charge is 0.314 e. The zero-order valence-electron chi connectivity index (χ0n) is 12.8. The molecule has 1 unspecified atom stereocenters. The Balaban J connectivity index is 1.88. The first-order chi connectivity index (χ1) is 9.72. The van der Waals surface area contributed by atoms with Crippen LogP contribution >= 0.6 is 22.9 Å². The second-order valence-electron chi connectivity index (χ2n) is 6.14. The van der Waals surface area contributed by atoms with E-state index in [0.717, 1.165) is 29.1 Å². The van der Waals surface area contributed by atoms with Crippen LogP contribution < -0.4 is 5.32 Å². The molecule has 1 aromatic rings. The minimum atomic E-state index is 0.636. The van der Waals surface area contributed by atoms with Gasteiger partial charge in [-0.25, -0.2) is 0 Å². The van der Waals surface area contributed by atoms with Crippen LogP contribution in [0.4, 0.5) is 0 Å². The van der Waals surface area contributed by atoms with Gasteiger partial charge in [-0.05, 0) is 49.8 Å². The number of hydrogen-bond acceptors (Lipinski definition) is 2. The molecule has 0 saturated heterocycles. The number of nitrogens with one attached hydrogen (secondary N) is 1. The standard InChI is InChI=1S/C17H28ClNS/c1-3-5-13-6-8-14(9-7-13)16(19-4-2)12-15-10-11-17(18)20-15/h10-11,13-14,16,19H,3-9,12H2,1-2H3. The van der Waals surface area contributed by atoms with E-state index in [9.17, 15) is 0 Å². The number of thiophene rings is 1. The summed E-state index contributed by atoms with van der Waals surface area (Å²) in [6.45, 7) is 5.60. The fraction of sp³-hybridized carbons (Fsp3) is 0.765. The van der Waals surface area contributed by atoms with E-state index in [1.165, 1.54) is 43.4 Å². The van der Waals surface area contributed by atoms with E-state index in [1.807, 2.05) is 6.07 Å². The van der Waals surface area contributed by atoms with Crippen LogP contribution in [0.25, 0.3) is 0 Å². The van der Waals surface area contributed by atoms with Crippen molar-refractivity contribution in [2.24, 2.45) is 11.8 Å². The smallest absolute Gasteiger partial charge is 0.0931 e. The summed E-state index contributed by atoms with van der Waals surface area (Å²) in [4.78, 5) is 1.43. The summed E-state index contributed by atoms with van der Waals surface area (Å²) in [6, 6.07) is 4.86. The SMILES string of the molecule is CCCC1CCC(C(Cc2ccc(Cl)s2)NCC)CC1. The second kappa shape index (κ2) is 8.41. The molecule has 0 aromatic carbocycles. The van der Waals surface area contributed by atoms with E-state index < -0.39 is 0 Å². The highest BCUT2D eigenvalue weighted by Gasteiger charge is 2.27. The Kier molecular flexibility index (Phi) is 6.86. The fourth-order valence-electron chi connectivity index (χ4n) is 3.63. The zero-order chi connectivity index (χ0) is 14.4. The van der Waals surface area contributed by atoms with Crippen LogP contribution in [0.2, 0.25) is 4.34 Å². The maximum atomic E-state index is 6.06. The molecule has 20 heavy (non-hydrogen) atoms. The fourth-order valence-corrected chi connectivity index (χ4v) is 4.78. The lowest BCUT2D eigenvalue weighted by Gasteiger charge is -2.34. The summed E-state index contributed by atoms with van der Waals surface area (Å²) in [6.07, 6.45) is 9.60. The third-order valence-corrected chi connectivity index (χ3v) is 5.93. The minimum absolute atomic E-state index is 0.636. The van der Waals surface area contributed by atoms with Gasteiger partial charge < -0.3 is 5.32 Å². The highest BCUT2D eigenvalue weighted by molar-refractivity contribution is 7.16. The van der Waals surface area contributed by atoms with Crippen LogP contribution in [-0.4, -0.2) is 12.6 Å². The van der Waals surface area contributed by atoms with Gasteiger partial charge in [-0.1, -0.05) is 51.1 Å². The summed E-state index contributed by atoms with van der Waals surface area (Å²) in [5, 5.41) is 3.72. The van der Waals surface area contributed by atoms with Crippen molar-refractivity contribution in [3.8, 4) is 0 Å². The molecule has 1 saturated carbocycles. The first kappa shape index (κ1) is 16.3. The summed E-state index contributed by atoms with van der Waals surface area (Å²) in [5.74, 6) is 1.85. The van der Waals surface area contributed by atoms with Gasteiger partial charge >= 0.3 is 0 Å². The Labute approximate surface area is 133 Å². The van der Waals surface area contributed by atoms with Gasteiger partial charge in [-0.15, -0.1) is 11.3 Å². The van der Waals surface area contributed by atoms with Crippen LogP contribution in [0.1, 0.15) is 57.2 Å². The van der Waals surface area contributed by atoms with Crippen molar-refractivity contribution in [3.63, 3.8) is 0 Å². The molecule has 3 heteroatoms. The molecule has 0 bridgehead atoms. The van der Waals surface area contributed by atoms with Crippen molar-refractivity contribution in [1.29, 1.82) is 0 Å². The molecule has 1 aromatic heterocycles. The molecular formula is C17H28ClNS. The van der Waals surface area contributed by atoms with E-state index >= 15 is 0 Å². The van der Waals surface area contributed by atoms with Gasteiger partial charge in [-0.2, -0.15) is 0 Å². The first-order valence-corrected chi connectivity index (χ1v) is 9.40. The molecule has 1 aliphatic carbocycles. The topological polar surface area (TPSA) is 12.0 Å². The monoisotopic (exact) mass is 313 g/mol. The van der Waals surface area contributed by atoms with Gasteiger partial charge in [0.15, 0.2) is 0 Å². The predicted molar refractivity (Wildman–Crippen MR) is 90.9 cm³/mol. The normalized spacial score (nSPS) is 24.8. The Bertz CT molecular complexity index is 382. The minimum Gasteiger partial charge on any atom is -0.314 e. The number of rotatable bonds is 7. The highest BCUT2D eigenvalue weighted by Crippen LogP contribution is 2.35. The Morgan fingerprint density at radius 3 is 2.55 bits per heavy atom. The van der Waals surface area contributed by atoms with Crippen molar-refractivity contribution in [2.45, 2.75) is 64.8 Å². The lowest BCUT2D eigenvalue weighted by Crippen LogP contribution is -2.39. The lowest BCUT2D eigenvalue weighted by atomic mass is 9.76. The van der Waals surface area contributed by atoms with Crippen molar-refractivity contribution >= 4 is 22.9 Å². The van der Waals surface area contributed by atoms with Crippen molar-refractivity contribution in [2.75, 3.05) is 6.54 Å². The summed E-state index contributed by atoms with van der Waals surface area (Å²) < 4.78 is 0.918. The van der Waals surface area contributed by atoms with Gasteiger partial charge in [0.25, 0.3) is 0 Å². The lowest BCUT2D eigenvalue weighted by molar-refractivity contribution is 0.214. The average Bonchev–Trinajstić information content (AvgIpc) is 2.85. The molecule has 2 rings (SSSR count). The van der Waals surface area contributed by atoms with Gasteiger partial charge in [0, 0.05) is 10.9 Å². The molecule has 1 N–H and O–H groups in total. The van der Waals surface area contributed by atoms with Crippen LogP contribution in [0.5, 0.6) is 0 Å². The molecule has 1 heterocycles. The molecule has 1 nitrogen and oxygen atoms in total. The van der Waals surface area contributed by atoms with E-state index in [0.29, 0.717) is 6.04 Å². The second-order valence-corrected chi connectivity index (χ2v) is 7.94. The molecule has 1 atom stereocenters. The molecule has 0 aliphatic heterocycles. The van der Waals surface area contributed by atoms with Crippen LogP contribution in [0.3, 0.4) is 0 Å². The van der Waals surface area contributed by atoms with Crippen LogP contribution in [-0.2, 0) is 6.42 Å². The molecule has 0 radical (unpaired) electrons. The third-order valence-electron chi connectivity index (χ3n) is 4.67. The van der Waals surface area contributed by atoms with Gasteiger partial charge in [0.05, 0.1) is 4.34 Å². The summed E-state index contributed by atoms with van der Waals surface area (Å²) in [5.41, 5.74) is 0. The molecular weight excluding hydrogens is 286 g/mol. The van der Waals surface area contributed by atoms with Crippen LogP contribution in [0, 0.1) is 11.8 Å². The average molecular weight is 314 g/mol. The van der Waals surface area contributed by atoms with E-state index in [1.54, 1.807) is 11.3 Å².